The third kappa shape index (κ3) is 3.88. The molecular weight excluding hydrogens is 451 g/mol. The summed E-state index contributed by atoms with van der Waals surface area (Å²) in [6.07, 6.45) is 0.998. The first-order valence-corrected chi connectivity index (χ1v) is 11.5. The fraction of sp³-hybridized carbons (Fsp3) is 0.107. The summed E-state index contributed by atoms with van der Waals surface area (Å²) in [6.45, 7) is 2.80. The summed E-state index contributed by atoms with van der Waals surface area (Å²) in [4.78, 5) is 12.2. The number of hydrogen-bond donors (Lipinski definition) is 1. The van der Waals surface area contributed by atoms with Crippen molar-refractivity contribution in [1.29, 1.82) is 0 Å². The fourth-order valence-corrected chi connectivity index (χ4v) is 4.89. The molecular formula is C28H21Cl2N2O. The van der Waals surface area contributed by atoms with Crippen LogP contribution in [0, 0.1) is 6.07 Å². The van der Waals surface area contributed by atoms with Crippen molar-refractivity contribution in [3.05, 3.63) is 106 Å². The molecule has 0 unspecified atom stereocenters. The van der Waals surface area contributed by atoms with Crippen molar-refractivity contribution < 1.29 is 4.79 Å². The van der Waals surface area contributed by atoms with Crippen LogP contribution in [0.15, 0.2) is 72.8 Å². The molecule has 0 aliphatic heterocycles. The Labute approximate surface area is 202 Å². The van der Waals surface area contributed by atoms with Crippen LogP contribution in [0.4, 0.5) is 0 Å². The fourth-order valence-electron chi connectivity index (χ4n) is 4.37. The van der Waals surface area contributed by atoms with E-state index in [4.69, 9.17) is 28.9 Å². The van der Waals surface area contributed by atoms with Gasteiger partial charge in [-0.25, -0.2) is 0 Å². The van der Waals surface area contributed by atoms with Gasteiger partial charge >= 0.3 is 0 Å². The molecule has 1 heterocycles. The topological polar surface area (TPSA) is 48.0 Å². The van der Waals surface area contributed by atoms with E-state index in [0.29, 0.717) is 22.2 Å². The molecule has 0 aliphatic carbocycles. The lowest BCUT2D eigenvalue weighted by Gasteiger charge is -2.10. The van der Waals surface area contributed by atoms with Crippen LogP contribution >= 0.6 is 23.2 Å². The van der Waals surface area contributed by atoms with Gasteiger partial charge in [-0.05, 0) is 65.6 Å². The second-order valence-electron chi connectivity index (χ2n) is 8.09. The van der Waals surface area contributed by atoms with Crippen molar-refractivity contribution in [3.63, 3.8) is 0 Å². The molecule has 5 rings (SSSR count). The summed E-state index contributed by atoms with van der Waals surface area (Å²) in [6, 6.07) is 27.1. The third-order valence-electron chi connectivity index (χ3n) is 6.07. The van der Waals surface area contributed by atoms with Gasteiger partial charge in [-0.2, -0.15) is 0 Å². The van der Waals surface area contributed by atoms with E-state index in [1.165, 1.54) is 11.1 Å². The summed E-state index contributed by atoms with van der Waals surface area (Å²) in [5, 5.41) is 2.84. The average Bonchev–Trinajstić information content (AvgIpc) is 3.12. The largest absolute Gasteiger partial charge is 0.366 e. The number of fused-ring (bicyclic) bond motifs is 3. The first-order valence-electron chi connectivity index (χ1n) is 10.8. The standard InChI is InChI=1S/C28H21Cl2N2O/c1-2-17-6-8-18(9-7-17)16-32-25-5-3-4-23(28(31)33)27(25)22-12-10-19(14-26(22)32)21-13-11-20(29)15-24(21)30/h3-11,13-15H,2,16H2,1H3,(H2,31,33). The lowest BCUT2D eigenvalue weighted by molar-refractivity contribution is 0.100. The van der Waals surface area contributed by atoms with Gasteiger partial charge in [-0.15, -0.1) is 0 Å². The monoisotopic (exact) mass is 471 g/mol. The van der Waals surface area contributed by atoms with Gasteiger partial charge in [0, 0.05) is 38.5 Å². The van der Waals surface area contributed by atoms with Crippen molar-refractivity contribution in [2.45, 2.75) is 19.9 Å². The van der Waals surface area contributed by atoms with Crippen molar-refractivity contribution in [2.75, 3.05) is 0 Å². The minimum absolute atomic E-state index is 0.454. The quantitative estimate of drug-likeness (QED) is 0.287. The molecule has 0 saturated heterocycles. The normalized spacial score (nSPS) is 11.4. The van der Waals surface area contributed by atoms with Crippen LogP contribution in [0.3, 0.4) is 0 Å². The number of nitrogens with zero attached hydrogens (tertiary/aromatic N) is 1. The van der Waals surface area contributed by atoms with Gasteiger partial charge in [-0.1, -0.05) is 66.5 Å². The number of aromatic nitrogens is 1. The Bertz CT molecular complexity index is 1520. The molecule has 163 valence electrons. The van der Waals surface area contributed by atoms with E-state index >= 15 is 0 Å². The van der Waals surface area contributed by atoms with Gasteiger partial charge < -0.3 is 10.3 Å². The molecule has 4 aromatic carbocycles. The molecule has 5 heteroatoms. The van der Waals surface area contributed by atoms with E-state index < -0.39 is 5.91 Å². The maximum atomic E-state index is 12.2. The van der Waals surface area contributed by atoms with Gasteiger partial charge in [0.1, 0.15) is 0 Å². The predicted octanol–water partition coefficient (Wildman–Crippen LogP) is 7.28. The number of carbonyl (C=O) groups is 1. The predicted molar refractivity (Wildman–Crippen MR) is 137 cm³/mol. The number of aryl methyl sites for hydroxylation is 1. The molecule has 1 aromatic heterocycles. The summed E-state index contributed by atoms with van der Waals surface area (Å²) in [7, 11) is 0. The van der Waals surface area contributed by atoms with Crippen LogP contribution in [0.25, 0.3) is 32.9 Å². The molecule has 33 heavy (non-hydrogen) atoms. The van der Waals surface area contributed by atoms with Crippen molar-refractivity contribution in [2.24, 2.45) is 5.73 Å². The van der Waals surface area contributed by atoms with Gasteiger partial charge in [0.05, 0.1) is 11.0 Å². The second-order valence-corrected chi connectivity index (χ2v) is 8.94. The number of benzene rings is 4. The Hall–Kier alpha value is -3.27. The molecule has 0 bridgehead atoms. The van der Waals surface area contributed by atoms with Crippen LogP contribution in [-0.4, -0.2) is 10.5 Å². The number of amides is 1. The summed E-state index contributed by atoms with van der Waals surface area (Å²) in [5.41, 5.74) is 12.4. The second kappa shape index (κ2) is 8.58. The van der Waals surface area contributed by atoms with Gasteiger partial charge in [0.15, 0.2) is 0 Å². The van der Waals surface area contributed by atoms with E-state index in [1.807, 2.05) is 30.3 Å². The zero-order chi connectivity index (χ0) is 23.1. The minimum atomic E-state index is -0.454. The molecule has 2 N–H and O–H groups in total. The number of primary amides is 1. The maximum Gasteiger partial charge on any atom is 0.249 e. The van der Waals surface area contributed by atoms with E-state index in [9.17, 15) is 4.79 Å². The van der Waals surface area contributed by atoms with E-state index in [2.05, 4.69) is 47.9 Å². The van der Waals surface area contributed by atoms with Gasteiger partial charge in [0.25, 0.3) is 0 Å². The smallest absolute Gasteiger partial charge is 0.249 e. The van der Waals surface area contributed by atoms with Crippen LogP contribution in [-0.2, 0) is 13.0 Å². The SMILES string of the molecule is CCc1ccc(Cn2c3cc(-c4ccc(Cl)cc4Cl)c[c]c3c3c(C(N)=O)cccc32)cc1. The van der Waals surface area contributed by atoms with E-state index in [-0.39, 0.29) is 0 Å². The summed E-state index contributed by atoms with van der Waals surface area (Å²) >= 11 is 12.6. The highest BCUT2D eigenvalue weighted by atomic mass is 35.5. The van der Waals surface area contributed by atoms with Crippen molar-refractivity contribution in [1.82, 2.24) is 4.57 Å². The first kappa shape index (κ1) is 21.6. The highest BCUT2D eigenvalue weighted by Gasteiger charge is 2.18. The number of carbonyl (C=O) groups excluding carboxylic acids is 1. The third-order valence-corrected chi connectivity index (χ3v) is 6.62. The highest BCUT2D eigenvalue weighted by Crippen LogP contribution is 2.37. The Morgan fingerprint density at radius 2 is 1.73 bits per heavy atom. The van der Waals surface area contributed by atoms with Crippen LogP contribution in [0.5, 0.6) is 0 Å². The lowest BCUT2D eigenvalue weighted by atomic mass is 10.0. The molecule has 0 aliphatic rings. The van der Waals surface area contributed by atoms with Gasteiger partial charge in [0.2, 0.25) is 5.91 Å². The number of halogens is 2. The van der Waals surface area contributed by atoms with Crippen LogP contribution in [0.2, 0.25) is 10.0 Å². The first-order chi connectivity index (χ1) is 16.0. The minimum Gasteiger partial charge on any atom is -0.366 e. The average molecular weight is 472 g/mol. The van der Waals surface area contributed by atoms with Crippen molar-refractivity contribution in [3.8, 4) is 11.1 Å². The molecule has 0 spiro atoms. The van der Waals surface area contributed by atoms with E-state index in [0.717, 1.165) is 39.4 Å². The summed E-state index contributed by atoms with van der Waals surface area (Å²) in [5.74, 6) is -0.454. The molecule has 1 amide bonds. The maximum absolute atomic E-state index is 12.2. The molecule has 5 aromatic rings. The summed E-state index contributed by atoms with van der Waals surface area (Å²) < 4.78 is 2.21. The Kier molecular flexibility index (Phi) is 5.61. The number of hydrogen-bond acceptors (Lipinski definition) is 1. The molecule has 1 radical (unpaired) electrons. The van der Waals surface area contributed by atoms with Crippen molar-refractivity contribution >= 4 is 50.9 Å². The zero-order valence-corrected chi connectivity index (χ0v) is 19.5. The Morgan fingerprint density at radius 1 is 0.970 bits per heavy atom. The van der Waals surface area contributed by atoms with Gasteiger partial charge in [-0.3, -0.25) is 4.79 Å². The molecule has 3 nitrogen and oxygen atoms in total. The number of nitrogens with two attached hydrogens (primary N) is 1. The van der Waals surface area contributed by atoms with Crippen LogP contribution < -0.4 is 5.73 Å². The van der Waals surface area contributed by atoms with Crippen LogP contribution in [0.1, 0.15) is 28.4 Å². The molecule has 0 fully saturated rings. The van der Waals surface area contributed by atoms with E-state index in [1.54, 1.807) is 12.1 Å². The Balaban J connectivity index is 1.77. The molecule has 0 saturated carbocycles. The molecule has 0 atom stereocenters. The number of rotatable bonds is 5. The lowest BCUT2D eigenvalue weighted by Crippen LogP contribution is -2.11. The highest BCUT2D eigenvalue weighted by molar-refractivity contribution is 6.36. The Morgan fingerprint density at radius 3 is 2.42 bits per heavy atom. The zero-order valence-electron chi connectivity index (χ0n) is 18.0.